The van der Waals surface area contributed by atoms with Gasteiger partial charge in [-0.3, -0.25) is 4.55 Å². The van der Waals surface area contributed by atoms with Crippen molar-refractivity contribution in [2.45, 2.75) is 50.9 Å². The van der Waals surface area contributed by atoms with Crippen molar-refractivity contribution < 1.29 is 67.0 Å². The van der Waals surface area contributed by atoms with E-state index in [2.05, 4.69) is 9.47 Å². The highest BCUT2D eigenvalue weighted by atomic mass is 32.2. The molecule has 3 aromatic carbocycles. The molecule has 0 saturated carbocycles. The molecule has 0 saturated heterocycles. The van der Waals surface area contributed by atoms with Gasteiger partial charge in [0.05, 0.1) is 10.9 Å². The molecule has 44 heavy (non-hydrogen) atoms. The van der Waals surface area contributed by atoms with Crippen molar-refractivity contribution in [1.29, 1.82) is 0 Å². The topological polar surface area (TPSA) is 91.3 Å². The summed E-state index contributed by atoms with van der Waals surface area (Å²) >= 11 is 0. The van der Waals surface area contributed by atoms with E-state index in [1.807, 2.05) is 0 Å². The lowest BCUT2D eigenvalue weighted by molar-refractivity contribution is -0.296. The van der Waals surface area contributed by atoms with Gasteiger partial charge in [0, 0.05) is 7.11 Å². The average Bonchev–Trinajstić information content (AvgIpc) is 2.94. The number of benzene rings is 3. The normalized spacial score (nSPS) is 15.7. The van der Waals surface area contributed by atoms with Crippen molar-refractivity contribution in [1.82, 2.24) is 0 Å². The second-order valence-corrected chi connectivity index (χ2v) is 12.7. The van der Waals surface area contributed by atoms with Gasteiger partial charge in [0.2, 0.25) is 0 Å². The molecule has 0 bridgehead atoms. The van der Waals surface area contributed by atoms with Crippen LogP contribution in [0.2, 0.25) is 0 Å². The number of alkyl halides is 8. The van der Waals surface area contributed by atoms with Crippen molar-refractivity contribution in [3.8, 4) is 11.5 Å². The summed E-state index contributed by atoms with van der Waals surface area (Å²) in [5.74, 6) is -0.688. The Morgan fingerprint density at radius 3 is 1.68 bits per heavy atom. The minimum atomic E-state index is -6.48. The molecule has 1 N–H and O–H groups in total. The summed E-state index contributed by atoms with van der Waals surface area (Å²) in [6, 6.07) is 19.0. The van der Waals surface area contributed by atoms with Crippen molar-refractivity contribution in [2.24, 2.45) is 0 Å². The molecular formula is C27H25F8O7S2+. The smallest absolute Gasteiger partial charge is 0.432 e. The second kappa shape index (κ2) is 13.5. The molecule has 3 aromatic rings. The van der Waals surface area contributed by atoms with E-state index < -0.39 is 69.5 Å². The number of halogens is 8. The first-order valence-electron chi connectivity index (χ1n) is 12.2. The first-order valence-corrected chi connectivity index (χ1v) is 14.9. The summed E-state index contributed by atoms with van der Waals surface area (Å²) in [7, 11) is -6.28. The van der Waals surface area contributed by atoms with Crippen LogP contribution in [-0.2, 0) is 30.5 Å². The molecule has 3 rings (SSSR count). The minimum Gasteiger partial charge on any atom is -0.490 e. The van der Waals surface area contributed by atoms with Crippen LogP contribution in [0.5, 0.6) is 11.5 Å². The summed E-state index contributed by atoms with van der Waals surface area (Å²) in [6.45, 7) is -0.705. The van der Waals surface area contributed by atoms with Gasteiger partial charge in [-0.25, -0.2) is 0 Å². The molecule has 0 fully saturated rings. The number of methoxy groups -OCH3 is 1. The predicted molar refractivity (Wildman–Crippen MR) is 141 cm³/mol. The van der Waals surface area contributed by atoms with Crippen LogP contribution in [0.3, 0.4) is 0 Å². The third kappa shape index (κ3) is 8.32. The maximum absolute atomic E-state index is 13.9. The third-order valence-corrected chi connectivity index (χ3v) is 9.04. The SMILES string of the molecule is COCOC(C)(COc1ccc([S+](c2ccccc2)c2ccc(OC(C(F)(F)F)C(F)(F)S(=O)(=O)O)cc2)cc1)C(F)(F)F. The monoisotopic (exact) mass is 677 g/mol. The number of hydrogen-bond donors (Lipinski definition) is 1. The van der Waals surface area contributed by atoms with Crippen molar-refractivity contribution >= 4 is 21.0 Å². The molecule has 0 heterocycles. The van der Waals surface area contributed by atoms with Gasteiger partial charge in [0.25, 0.3) is 6.10 Å². The van der Waals surface area contributed by atoms with Crippen LogP contribution in [0.25, 0.3) is 0 Å². The molecule has 0 radical (unpaired) electrons. The molecular weight excluding hydrogens is 652 g/mol. The van der Waals surface area contributed by atoms with Crippen molar-refractivity contribution in [3.63, 3.8) is 0 Å². The lowest BCUT2D eigenvalue weighted by atomic mass is 10.1. The molecule has 17 heteroatoms. The van der Waals surface area contributed by atoms with Gasteiger partial charge in [0.1, 0.15) is 24.9 Å². The highest BCUT2D eigenvalue weighted by Gasteiger charge is 2.65. The van der Waals surface area contributed by atoms with E-state index in [4.69, 9.17) is 14.0 Å². The van der Waals surface area contributed by atoms with Gasteiger partial charge in [-0.2, -0.15) is 43.5 Å². The van der Waals surface area contributed by atoms with E-state index >= 15 is 0 Å². The van der Waals surface area contributed by atoms with E-state index in [9.17, 15) is 43.5 Å². The highest BCUT2D eigenvalue weighted by molar-refractivity contribution is 7.97. The Bertz CT molecular complexity index is 1470. The van der Waals surface area contributed by atoms with Gasteiger partial charge >= 0.3 is 27.7 Å². The second-order valence-electron chi connectivity index (χ2n) is 9.21. The van der Waals surface area contributed by atoms with E-state index in [1.165, 1.54) is 31.4 Å². The van der Waals surface area contributed by atoms with Gasteiger partial charge in [-0.1, -0.05) is 18.2 Å². The zero-order chi connectivity index (χ0) is 33.0. The van der Waals surface area contributed by atoms with Crippen LogP contribution in [0.4, 0.5) is 35.1 Å². The van der Waals surface area contributed by atoms with Crippen LogP contribution < -0.4 is 9.47 Å². The molecule has 3 unspecified atom stereocenters. The Labute approximate surface area is 249 Å². The minimum absolute atomic E-state index is 0.0727. The van der Waals surface area contributed by atoms with E-state index in [-0.39, 0.29) is 5.75 Å². The Morgan fingerprint density at radius 1 is 0.773 bits per heavy atom. The molecule has 242 valence electrons. The molecule has 0 aliphatic heterocycles. The number of hydrogen-bond acceptors (Lipinski definition) is 6. The first kappa shape index (κ1) is 35.4. The fourth-order valence-corrected chi connectivity index (χ4v) is 6.02. The molecule has 3 atom stereocenters. The highest BCUT2D eigenvalue weighted by Crippen LogP contribution is 2.40. The summed E-state index contributed by atoms with van der Waals surface area (Å²) in [5.41, 5.74) is -2.67. The van der Waals surface area contributed by atoms with Crippen LogP contribution in [0.1, 0.15) is 6.92 Å². The van der Waals surface area contributed by atoms with Crippen LogP contribution >= 0.6 is 0 Å². The van der Waals surface area contributed by atoms with E-state index in [0.717, 1.165) is 19.1 Å². The maximum Gasteiger partial charge on any atom is 0.432 e. The van der Waals surface area contributed by atoms with Gasteiger partial charge < -0.3 is 18.9 Å². The number of ether oxygens (including phenoxy) is 4. The van der Waals surface area contributed by atoms with Gasteiger partial charge in [0.15, 0.2) is 20.3 Å². The summed E-state index contributed by atoms with van der Waals surface area (Å²) in [6.07, 6.45) is -14.8. The Kier molecular flexibility index (Phi) is 10.8. The molecule has 0 amide bonds. The zero-order valence-electron chi connectivity index (χ0n) is 22.7. The fourth-order valence-electron chi connectivity index (χ4n) is 3.50. The standard InChI is InChI=1S/C27H24F8O7S2/c1-24(27(33,34)35,41-17-39-2)16-40-18-8-12-21(13-9-18)43(20-6-4-3-5-7-20)22-14-10-19(11-15-22)42-23(25(28,29)30)26(31,32)44(36,37)38/h3-15,23H,16-17H2,1-2H3/p+1. The Hall–Kier alpha value is -3.12. The maximum atomic E-state index is 13.9. The first-order chi connectivity index (χ1) is 20.3. The van der Waals surface area contributed by atoms with Gasteiger partial charge in [-0.15, -0.1) is 0 Å². The average molecular weight is 678 g/mol. The molecule has 0 spiro atoms. The summed E-state index contributed by atoms with van der Waals surface area (Å²) < 4.78 is 158. The predicted octanol–water partition coefficient (Wildman–Crippen LogP) is 6.89. The largest absolute Gasteiger partial charge is 0.490 e. The quantitative estimate of drug-likeness (QED) is 0.0912. The van der Waals surface area contributed by atoms with Crippen molar-refractivity contribution in [3.05, 3.63) is 78.9 Å². The molecule has 0 aliphatic carbocycles. The molecule has 0 aromatic heterocycles. The van der Waals surface area contributed by atoms with Gasteiger partial charge in [-0.05, 0) is 67.6 Å². The van der Waals surface area contributed by atoms with E-state index in [1.54, 1.807) is 42.5 Å². The summed E-state index contributed by atoms with van der Waals surface area (Å²) in [4.78, 5) is 1.76. The Balaban J connectivity index is 1.90. The zero-order valence-corrected chi connectivity index (χ0v) is 24.4. The third-order valence-electron chi connectivity index (χ3n) is 5.91. The molecule has 0 aliphatic rings. The Morgan fingerprint density at radius 2 is 1.25 bits per heavy atom. The lowest BCUT2D eigenvalue weighted by Crippen LogP contribution is -2.53. The summed E-state index contributed by atoms with van der Waals surface area (Å²) in [5, 5.41) is -5.70. The lowest BCUT2D eigenvalue weighted by Gasteiger charge is -2.31. The molecule has 7 nitrogen and oxygen atoms in total. The number of rotatable bonds is 13. The van der Waals surface area contributed by atoms with Crippen LogP contribution in [-0.4, -0.2) is 62.8 Å². The fraction of sp³-hybridized carbons (Fsp3) is 0.333. The van der Waals surface area contributed by atoms with Crippen LogP contribution in [0.15, 0.2) is 93.5 Å². The van der Waals surface area contributed by atoms with Crippen LogP contribution in [0, 0.1) is 0 Å². The van der Waals surface area contributed by atoms with Crippen molar-refractivity contribution in [2.75, 3.05) is 20.5 Å². The van der Waals surface area contributed by atoms with E-state index in [0.29, 0.717) is 14.7 Å².